The quantitative estimate of drug-likeness (QED) is 0.650. The minimum Gasteiger partial charge on any atom is -0.334 e. The highest BCUT2D eigenvalue weighted by Gasteiger charge is 2.24. The molecule has 0 aromatic rings. The van der Waals surface area contributed by atoms with Crippen LogP contribution in [0.2, 0.25) is 0 Å². The molecule has 2 unspecified atom stereocenters. The molecule has 1 N–H and O–H groups in total. The van der Waals surface area contributed by atoms with Crippen molar-refractivity contribution < 1.29 is 4.79 Å². The summed E-state index contributed by atoms with van der Waals surface area (Å²) in [6.45, 7) is 0. The summed E-state index contributed by atoms with van der Waals surface area (Å²) >= 11 is 6.10. The second-order valence-electron chi connectivity index (χ2n) is 3.75. The summed E-state index contributed by atoms with van der Waals surface area (Å²) in [6.07, 6.45) is 4.37. The molecule has 0 aromatic carbocycles. The van der Waals surface area contributed by atoms with Crippen LogP contribution >= 0.6 is 11.6 Å². The van der Waals surface area contributed by atoms with Crippen LogP contribution in [0.3, 0.4) is 0 Å². The molecule has 0 aliphatic heterocycles. The first-order valence-corrected chi connectivity index (χ1v) is 5.17. The van der Waals surface area contributed by atoms with E-state index in [4.69, 9.17) is 11.6 Å². The number of hydrogen-bond acceptors (Lipinski definition) is 1. The lowest BCUT2D eigenvalue weighted by Gasteiger charge is -2.28. The van der Waals surface area contributed by atoms with Gasteiger partial charge in [0.1, 0.15) is 0 Å². The number of urea groups is 1. The van der Waals surface area contributed by atoms with Crippen LogP contribution in [0.15, 0.2) is 0 Å². The number of rotatable bonds is 1. The van der Waals surface area contributed by atoms with Gasteiger partial charge in [0.05, 0.1) is 5.38 Å². The van der Waals surface area contributed by atoms with Gasteiger partial charge in [0.15, 0.2) is 0 Å². The Balaban J connectivity index is 2.38. The van der Waals surface area contributed by atoms with Crippen LogP contribution in [-0.2, 0) is 0 Å². The summed E-state index contributed by atoms with van der Waals surface area (Å²) in [5.74, 6) is 0. The Labute approximate surface area is 84.4 Å². The highest BCUT2D eigenvalue weighted by atomic mass is 35.5. The maximum absolute atomic E-state index is 11.3. The van der Waals surface area contributed by atoms with E-state index in [1.54, 1.807) is 14.1 Å². The van der Waals surface area contributed by atoms with Gasteiger partial charge in [0.2, 0.25) is 0 Å². The first-order chi connectivity index (χ1) is 6.11. The molecule has 1 fully saturated rings. The zero-order chi connectivity index (χ0) is 9.84. The van der Waals surface area contributed by atoms with E-state index in [0.29, 0.717) is 0 Å². The first-order valence-electron chi connectivity index (χ1n) is 4.73. The molecule has 1 saturated carbocycles. The van der Waals surface area contributed by atoms with Crippen LogP contribution in [0, 0.1) is 0 Å². The zero-order valence-corrected chi connectivity index (χ0v) is 8.97. The predicted octanol–water partition coefficient (Wildman–Crippen LogP) is 1.81. The van der Waals surface area contributed by atoms with Crippen molar-refractivity contribution in [3.63, 3.8) is 0 Å². The van der Waals surface area contributed by atoms with Crippen molar-refractivity contribution in [1.82, 2.24) is 10.2 Å². The molecule has 2 amide bonds. The van der Waals surface area contributed by atoms with Crippen molar-refractivity contribution in [2.45, 2.75) is 37.1 Å². The molecule has 1 aliphatic rings. The molecule has 76 valence electrons. The standard InChI is InChI=1S/C9H17ClN2O/c1-12(2)9(13)11-8-6-4-3-5-7(8)10/h7-8H,3-6H2,1-2H3,(H,11,13). The number of nitrogens with one attached hydrogen (secondary N) is 1. The summed E-state index contributed by atoms with van der Waals surface area (Å²) in [6, 6.07) is 0.114. The Bertz CT molecular complexity index is 184. The number of amides is 2. The molecular formula is C9H17ClN2O. The summed E-state index contributed by atoms with van der Waals surface area (Å²) in [5, 5.41) is 3.03. The van der Waals surface area contributed by atoms with E-state index >= 15 is 0 Å². The predicted molar refractivity (Wildman–Crippen MR) is 54.1 cm³/mol. The first kappa shape index (κ1) is 10.6. The smallest absolute Gasteiger partial charge is 0.317 e. The van der Waals surface area contributed by atoms with Gasteiger partial charge >= 0.3 is 6.03 Å². The van der Waals surface area contributed by atoms with Crippen molar-refractivity contribution in [2.24, 2.45) is 0 Å². The Kier molecular flexibility index (Phi) is 3.85. The number of carbonyl (C=O) groups excluding carboxylic acids is 1. The van der Waals surface area contributed by atoms with E-state index < -0.39 is 0 Å². The maximum Gasteiger partial charge on any atom is 0.317 e. The largest absolute Gasteiger partial charge is 0.334 e. The van der Waals surface area contributed by atoms with Crippen molar-refractivity contribution in [3.8, 4) is 0 Å². The van der Waals surface area contributed by atoms with Crippen LogP contribution in [0.5, 0.6) is 0 Å². The molecule has 1 rings (SSSR count). The lowest BCUT2D eigenvalue weighted by atomic mass is 9.95. The van der Waals surface area contributed by atoms with Gasteiger partial charge < -0.3 is 10.2 Å². The molecule has 1 aliphatic carbocycles. The van der Waals surface area contributed by atoms with Crippen molar-refractivity contribution >= 4 is 17.6 Å². The van der Waals surface area contributed by atoms with Crippen LogP contribution in [0.1, 0.15) is 25.7 Å². The van der Waals surface area contributed by atoms with Crippen molar-refractivity contribution in [1.29, 1.82) is 0 Å². The molecule has 2 atom stereocenters. The normalized spacial score (nSPS) is 28.2. The fourth-order valence-corrected chi connectivity index (χ4v) is 1.88. The second kappa shape index (κ2) is 4.70. The molecule has 0 spiro atoms. The average molecular weight is 205 g/mol. The number of hydrogen-bond donors (Lipinski definition) is 1. The molecule has 0 bridgehead atoms. The monoisotopic (exact) mass is 204 g/mol. The average Bonchev–Trinajstić information content (AvgIpc) is 2.08. The van der Waals surface area contributed by atoms with Gasteiger partial charge in [-0.1, -0.05) is 12.8 Å². The fourth-order valence-electron chi connectivity index (χ4n) is 1.54. The van der Waals surface area contributed by atoms with Crippen molar-refractivity contribution in [2.75, 3.05) is 14.1 Å². The Hall–Kier alpha value is -0.440. The number of halogens is 1. The molecular weight excluding hydrogens is 188 g/mol. The molecule has 0 heterocycles. The number of carbonyl (C=O) groups is 1. The highest BCUT2D eigenvalue weighted by molar-refractivity contribution is 6.21. The van der Waals surface area contributed by atoms with Gasteiger partial charge in [0.25, 0.3) is 0 Å². The van der Waals surface area contributed by atoms with Crippen LogP contribution in [-0.4, -0.2) is 36.4 Å². The van der Waals surface area contributed by atoms with Crippen LogP contribution in [0.4, 0.5) is 4.79 Å². The lowest BCUT2D eigenvalue weighted by Crippen LogP contribution is -2.46. The van der Waals surface area contributed by atoms with E-state index in [9.17, 15) is 4.79 Å². The third-order valence-electron chi connectivity index (χ3n) is 2.40. The molecule has 0 aromatic heterocycles. The van der Waals surface area contributed by atoms with Gasteiger partial charge in [-0.15, -0.1) is 11.6 Å². The van der Waals surface area contributed by atoms with Crippen LogP contribution in [0.25, 0.3) is 0 Å². The maximum atomic E-state index is 11.3. The number of alkyl halides is 1. The third kappa shape index (κ3) is 3.07. The molecule has 13 heavy (non-hydrogen) atoms. The Morgan fingerprint density at radius 2 is 2.00 bits per heavy atom. The Morgan fingerprint density at radius 3 is 2.54 bits per heavy atom. The van der Waals surface area contributed by atoms with E-state index in [1.165, 1.54) is 17.7 Å². The Morgan fingerprint density at radius 1 is 1.38 bits per heavy atom. The third-order valence-corrected chi connectivity index (χ3v) is 2.92. The van der Waals surface area contributed by atoms with E-state index in [1.807, 2.05) is 0 Å². The second-order valence-corrected chi connectivity index (χ2v) is 4.31. The number of nitrogens with zero attached hydrogens (tertiary/aromatic N) is 1. The zero-order valence-electron chi connectivity index (χ0n) is 8.22. The summed E-state index contributed by atoms with van der Waals surface area (Å²) < 4.78 is 0. The molecule has 0 radical (unpaired) electrons. The lowest BCUT2D eigenvalue weighted by molar-refractivity contribution is 0.209. The van der Waals surface area contributed by atoms with Gasteiger partial charge in [0, 0.05) is 20.1 Å². The van der Waals surface area contributed by atoms with Crippen LogP contribution < -0.4 is 5.32 Å². The molecule has 0 saturated heterocycles. The molecule has 4 heteroatoms. The van der Waals surface area contributed by atoms with E-state index in [-0.39, 0.29) is 17.5 Å². The minimum atomic E-state index is -0.0439. The van der Waals surface area contributed by atoms with Gasteiger partial charge in [-0.2, -0.15) is 0 Å². The van der Waals surface area contributed by atoms with Gasteiger partial charge in [-0.3, -0.25) is 0 Å². The SMILES string of the molecule is CN(C)C(=O)NC1CCCCC1Cl. The summed E-state index contributed by atoms with van der Waals surface area (Å²) in [4.78, 5) is 12.9. The minimum absolute atomic E-state index is 0.0439. The van der Waals surface area contributed by atoms with Crippen molar-refractivity contribution in [3.05, 3.63) is 0 Å². The van der Waals surface area contributed by atoms with Gasteiger partial charge in [-0.25, -0.2) is 4.79 Å². The van der Waals surface area contributed by atoms with E-state index in [2.05, 4.69) is 5.32 Å². The molecule has 3 nitrogen and oxygen atoms in total. The topological polar surface area (TPSA) is 32.3 Å². The van der Waals surface area contributed by atoms with Gasteiger partial charge in [-0.05, 0) is 12.8 Å². The summed E-state index contributed by atoms with van der Waals surface area (Å²) in [5.41, 5.74) is 0. The summed E-state index contributed by atoms with van der Waals surface area (Å²) in [7, 11) is 3.47. The fraction of sp³-hybridized carbons (Fsp3) is 0.889. The van der Waals surface area contributed by atoms with E-state index in [0.717, 1.165) is 12.8 Å². The highest BCUT2D eigenvalue weighted by Crippen LogP contribution is 2.22.